The summed E-state index contributed by atoms with van der Waals surface area (Å²) in [6.07, 6.45) is 1.16. The van der Waals surface area contributed by atoms with Crippen LogP contribution < -0.4 is 10.2 Å². The lowest BCUT2D eigenvalue weighted by molar-refractivity contribution is 0.673. The summed E-state index contributed by atoms with van der Waals surface area (Å²) >= 11 is 1.71. The van der Waals surface area contributed by atoms with E-state index in [1.807, 2.05) is 0 Å². The highest BCUT2D eigenvalue weighted by Gasteiger charge is 2.08. The Morgan fingerprint density at radius 2 is 2.10 bits per heavy atom. The molecule has 2 rings (SSSR count). The number of aryl methyl sites for hydroxylation is 1. The maximum atomic E-state index is 4.54. The standard InChI is InChI=1S/C16H23N3S/c1-4-9-17-10-14-7-5-6-8-16(14)19(3)11-15-12-20-13(2)18-15/h5-8,12,17H,4,9-11H2,1-3H3. The lowest BCUT2D eigenvalue weighted by Crippen LogP contribution is -2.21. The van der Waals surface area contributed by atoms with Crippen LogP contribution in [0.3, 0.4) is 0 Å². The average molecular weight is 289 g/mol. The quantitative estimate of drug-likeness (QED) is 0.790. The minimum absolute atomic E-state index is 0.856. The summed E-state index contributed by atoms with van der Waals surface area (Å²) in [7, 11) is 2.13. The Bertz CT molecular complexity index is 536. The van der Waals surface area contributed by atoms with Crippen molar-refractivity contribution in [3.05, 3.63) is 45.9 Å². The number of aromatic nitrogens is 1. The normalized spacial score (nSPS) is 10.8. The predicted octanol–water partition coefficient (Wildman–Crippen LogP) is 3.59. The van der Waals surface area contributed by atoms with E-state index in [9.17, 15) is 0 Å². The Kier molecular flexibility index (Phi) is 5.56. The van der Waals surface area contributed by atoms with E-state index in [2.05, 4.69) is 65.7 Å². The molecule has 0 amide bonds. The Hall–Kier alpha value is -1.39. The minimum Gasteiger partial charge on any atom is -0.368 e. The molecule has 3 nitrogen and oxygen atoms in total. The summed E-state index contributed by atoms with van der Waals surface area (Å²) in [6, 6.07) is 8.58. The van der Waals surface area contributed by atoms with E-state index in [-0.39, 0.29) is 0 Å². The van der Waals surface area contributed by atoms with Gasteiger partial charge in [0.25, 0.3) is 0 Å². The van der Waals surface area contributed by atoms with Crippen LogP contribution in [-0.2, 0) is 13.1 Å². The third-order valence-electron chi connectivity index (χ3n) is 3.21. The van der Waals surface area contributed by atoms with Crippen molar-refractivity contribution in [2.75, 3.05) is 18.5 Å². The van der Waals surface area contributed by atoms with E-state index in [0.717, 1.165) is 36.8 Å². The van der Waals surface area contributed by atoms with Gasteiger partial charge in [0.2, 0.25) is 0 Å². The number of nitrogens with zero attached hydrogens (tertiary/aromatic N) is 2. The van der Waals surface area contributed by atoms with Gasteiger partial charge in [-0.25, -0.2) is 4.98 Å². The van der Waals surface area contributed by atoms with Crippen LogP contribution >= 0.6 is 11.3 Å². The fourth-order valence-corrected chi connectivity index (χ4v) is 2.85. The molecule has 0 unspecified atom stereocenters. The topological polar surface area (TPSA) is 28.2 Å². The Labute approximate surface area is 125 Å². The van der Waals surface area contributed by atoms with Gasteiger partial charge in [-0.3, -0.25) is 0 Å². The molecule has 1 aromatic carbocycles. The van der Waals surface area contributed by atoms with Crippen molar-refractivity contribution in [3.63, 3.8) is 0 Å². The van der Waals surface area contributed by atoms with Crippen molar-refractivity contribution in [1.29, 1.82) is 0 Å². The van der Waals surface area contributed by atoms with Gasteiger partial charge in [0.05, 0.1) is 17.2 Å². The van der Waals surface area contributed by atoms with Crippen LogP contribution in [0, 0.1) is 6.92 Å². The van der Waals surface area contributed by atoms with Crippen molar-refractivity contribution < 1.29 is 0 Å². The fraction of sp³-hybridized carbons (Fsp3) is 0.438. The number of para-hydroxylation sites is 1. The molecular weight excluding hydrogens is 266 g/mol. The van der Waals surface area contributed by atoms with Crippen molar-refractivity contribution >= 4 is 17.0 Å². The van der Waals surface area contributed by atoms with E-state index in [1.165, 1.54) is 11.3 Å². The van der Waals surface area contributed by atoms with Crippen LogP contribution in [0.4, 0.5) is 5.69 Å². The van der Waals surface area contributed by atoms with Crippen LogP contribution in [-0.4, -0.2) is 18.6 Å². The van der Waals surface area contributed by atoms with Crippen LogP contribution in [0.15, 0.2) is 29.6 Å². The highest BCUT2D eigenvalue weighted by Crippen LogP contribution is 2.21. The molecule has 0 saturated heterocycles. The molecule has 1 heterocycles. The summed E-state index contributed by atoms with van der Waals surface area (Å²) in [5.41, 5.74) is 3.77. The lowest BCUT2D eigenvalue weighted by Gasteiger charge is -2.22. The smallest absolute Gasteiger partial charge is 0.0898 e. The zero-order valence-corrected chi connectivity index (χ0v) is 13.3. The van der Waals surface area contributed by atoms with Crippen LogP contribution in [0.1, 0.15) is 29.6 Å². The molecule has 0 bridgehead atoms. The molecule has 20 heavy (non-hydrogen) atoms. The summed E-state index contributed by atoms with van der Waals surface area (Å²) in [4.78, 5) is 6.82. The van der Waals surface area contributed by atoms with Gasteiger partial charge in [-0.1, -0.05) is 25.1 Å². The van der Waals surface area contributed by atoms with Gasteiger partial charge in [0, 0.05) is 24.7 Å². The molecule has 1 aromatic heterocycles. The van der Waals surface area contributed by atoms with Gasteiger partial charge in [0.1, 0.15) is 0 Å². The summed E-state index contributed by atoms with van der Waals surface area (Å²) in [6.45, 7) is 7.08. The third kappa shape index (κ3) is 4.05. The molecule has 0 aliphatic rings. The first-order chi connectivity index (χ1) is 9.70. The molecule has 0 saturated carbocycles. The largest absolute Gasteiger partial charge is 0.368 e. The molecule has 2 aromatic rings. The second-order valence-electron chi connectivity index (χ2n) is 5.02. The van der Waals surface area contributed by atoms with Crippen molar-refractivity contribution in [3.8, 4) is 0 Å². The van der Waals surface area contributed by atoms with Gasteiger partial charge < -0.3 is 10.2 Å². The lowest BCUT2D eigenvalue weighted by atomic mass is 10.1. The van der Waals surface area contributed by atoms with Crippen LogP contribution in [0.5, 0.6) is 0 Å². The second kappa shape index (κ2) is 7.41. The molecule has 0 fully saturated rings. The summed E-state index contributed by atoms with van der Waals surface area (Å²) in [5, 5.41) is 6.75. The molecule has 108 valence electrons. The number of thiazole rings is 1. The highest BCUT2D eigenvalue weighted by atomic mass is 32.1. The summed E-state index contributed by atoms with van der Waals surface area (Å²) in [5.74, 6) is 0. The van der Waals surface area contributed by atoms with Crippen LogP contribution in [0.25, 0.3) is 0 Å². The van der Waals surface area contributed by atoms with Crippen molar-refractivity contribution in [2.24, 2.45) is 0 Å². The van der Waals surface area contributed by atoms with Gasteiger partial charge in [-0.2, -0.15) is 0 Å². The number of benzene rings is 1. The van der Waals surface area contributed by atoms with E-state index in [1.54, 1.807) is 11.3 Å². The monoisotopic (exact) mass is 289 g/mol. The first-order valence-electron chi connectivity index (χ1n) is 7.11. The van der Waals surface area contributed by atoms with Crippen LogP contribution in [0.2, 0.25) is 0 Å². The minimum atomic E-state index is 0.856. The van der Waals surface area contributed by atoms with Crippen molar-refractivity contribution in [1.82, 2.24) is 10.3 Å². The third-order valence-corrected chi connectivity index (χ3v) is 4.03. The molecular formula is C16H23N3S. The Balaban J connectivity index is 2.06. The van der Waals surface area contributed by atoms with E-state index >= 15 is 0 Å². The van der Waals surface area contributed by atoms with Gasteiger partial charge in [-0.15, -0.1) is 11.3 Å². The maximum Gasteiger partial charge on any atom is 0.0898 e. The first kappa shape index (κ1) is 15.0. The zero-order valence-electron chi connectivity index (χ0n) is 12.5. The maximum absolute atomic E-state index is 4.54. The molecule has 4 heteroatoms. The fourth-order valence-electron chi connectivity index (χ4n) is 2.24. The molecule has 0 aliphatic carbocycles. The zero-order chi connectivity index (χ0) is 14.4. The van der Waals surface area contributed by atoms with E-state index in [4.69, 9.17) is 0 Å². The average Bonchev–Trinajstić information content (AvgIpc) is 2.85. The molecule has 0 spiro atoms. The number of hydrogen-bond donors (Lipinski definition) is 1. The molecule has 0 aliphatic heterocycles. The van der Waals surface area contributed by atoms with Crippen molar-refractivity contribution in [2.45, 2.75) is 33.4 Å². The number of anilines is 1. The molecule has 1 N–H and O–H groups in total. The number of rotatable bonds is 7. The van der Waals surface area contributed by atoms with E-state index < -0.39 is 0 Å². The van der Waals surface area contributed by atoms with Gasteiger partial charge in [-0.05, 0) is 31.5 Å². The second-order valence-corrected chi connectivity index (χ2v) is 6.08. The Morgan fingerprint density at radius 3 is 2.80 bits per heavy atom. The summed E-state index contributed by atoms with van der Waals surface area (Å²) < 4.78 is 0. The molecule has 0 atom stereocenters. The SMILES string of the molecule is CCCNCc1ccccc1N(C)Cc1csc(C)n1. The van der Waals surface area contributed by atoms with E-state index in [0.29, 0.717) is 0 Å². The van der Waals surface area contributed by atoms with Gasteiger partial charge >= 0.3 is 0 Å². The first-order valence-corrected chi connectivity index (χ1v) is 7.99. The highest BCUT2D eigenvalue weighted by molar-refractivity contribution is 7.09. The molecule has 0 radical (unpaired) electrons. The number of nitrogens with one attached hydrogen (secondary N) is 1. The predicted molar refractivity (Wildman–Crippen MR) is 87.4 cm³/mol. The number of hydrogen-bond acceptors (Lipinski definition) is 4. The Morgan fingerprint density at radius 1 is 1.30 bits per heavy atom. The van der Waals surface area contributed by atoms with Gasteiger partial charge in [0.15, 0.2) is 0 Å².